The fraction of sp³-hybridized carbons (Fsp3) is 0.378. The average molecular weight is 684 g/mol. The highest BCUT2D eigenvalue weighted by Crippen LogP contribution is 2.48. The number of aromatic nitrogens is 2. The molecule has 256 valence electrons. The van der Waals surface area contributed by atoms with Crippen LogP contribution in [-0.4, -0.2) is 86.5 Å². The van der Waals surface area contributed by atoms with Gasteiger partial charge >= 0.3 is 10.2 Å². The van der Waals surface area contributed by atoms with Gasteiger partial charge in [-0.15, -0.1) is 0 Å². The van der Waals surface area contributed by atoms with Crippen LogP contribution in [0.3, 0.4) is 0 Å². The van der Waals surface area contributed by atoms with Gasteiger partial charge in [0.1, 0.15) is 5.75 Å². The van der Waals surface area contributed by atoms with Gasteiger partial charge in [-0.25, -0.2) is 4.72 Å². The molecule has 0 atom stereocenters. The number of carbonyl (C=O) groups excluding carboxylic acids is 2. The standard InChI is InChI=1S/C37H41N5O6S/c1-40(2)49(45,46)39-36(43)25-11-13-30-32(22-25)42-23-27(34-31(10-7-15-38-34)37(44)41-16-18-48-19-17-41)20-26-21-28(47-3)12-14-29(26)35(42)33(30)24-8-5-4-6-9-24/h7,10-15,20-22,24H,4-6,8-9,16-19,23H2,1-3H3,(H,39,43). The number of methoxy groups -OCH3 is 1. The van der Waals surface area contributed by atoms with Gasteiger partial charge in [-0.05, 0) is 84.0 Å². The van der Waals surface area contributed by atoms with Crippen molar-refractivity contribution in [3.63, 3.8) is 0 Å². The van der Waals surface area contributed by atoms with Crippen LogP contribution >= 0.6 is 0 Å². The van der Waals surface area contributed by atoms with E-state index in [1.54, 1.807) is 31.5 Å². The maximum atomic E-state index is 13.9. The summed E-state index contributed by atoms with van der Waals surface area (Å²) in [5, 5.41) is 1.03. The monoisotopic (exact) mass is 683 g/mol. The maximum absolute atomic E-state index is 13.9. The third kappa shape index (κ3) is 6.24. The summed E-state index contributed by atoms with van der Waals surface area (Å²) in [6.45, 7) is 2.38. The van der Waals surface area contributed by atoms with Gasteiger partial charge in [0.05, 0.1) is 43.8 Å². The second-order valence-electron chi connectivity index (χ2n) is 13.1. The molecule has 12 heteroatoms. The van der Waals surface area contributed by atoms with Gasteiger partial charge in [0, 0.05) is 55.4 Å². The average Bonchev–Trinajstić information content (AvgIpc) is 3.34. The summed E-state index contributed by atoms with van der Waals surface area (Å²) in [6.07, 6.45) is 9.39. The van der Waals surface area contributed by atoms with Crippen LogP contribution in [0.15, 0.2) is 54.7 Å². The molecule has 4 aromatic rings. The maximum Gasteiger partial charge on any atom is 0.303 e. The Morgan fingerprint density at radius 1 is 1.02 bits per heavy atom. The number of hydrogen-bond donors (Lipinski definition) is 1. The van der Waals surface area contributed by atoms with Crippen molar-refractivity contribution in [2.24, 2.45) is 0 Å². The second kappa shape index (κ2) is 13.4. The summed E-state index contributed by atoms with van der Waals surface area (Å²) in [6, 6.07) is 15.1. The van der Waals surface area contributed by atoms with Crippen molar-refractivity contribution in [1.29, 1.82) is 0 Å². The number of allylic oxidation sites excluding steroid dienone is 1. The molecule has 1 N–H and O–H groups in total. The number of nitrogens with one attached hydrogen (secondary N) is 1. The van der Waals surface area contributed by atoms with Crippen molar-refractivity contribution in [2.45, 2.75) is 44.6 Å². The number of morpholine rings is 1. The molecule has 2 aromatic heterocycles. The van der Waals surface area contributed by atoms with Crippen LogP contribution in [-0.2, 0) is 21.5 Å². The number of fused-ring (bicyclic) bond motifs is 5. The van der Waals surface area contributed by atoms with Crippen LogP contribution in [0.4, 0.5) is 0 Å². The number of pyridine rings is 1. The number of carbonyl (C=O) groups is 2. The molecule has 7 rings (SSSR count). The van der Waals surface area contributed by atoms with Gasteiger partial charge in [-0.1, -0.05) is 25.3 Å². The zero-order chi connectivity index (χ0) is 34.3. The Hall–Kier alpha value is -4.52. The highest BCUT2D eigenvalue weighted by atomic mass is 32.2. The first kappa shape index (κ1) is 33.0. The van der Waals surface area contributed by atoms with Crippen LogP contribution in [0.1, 0.15) is 75.6 Å². The molecule has 2 amide bonds. The minimum Gasteiger partial charge on any atom is -0.497 e. The molecule has 49 heavy (non-hydrogen) atoms. The molecule has 4 heterocycles. The lowest BCUT2D eigenvalue weighted by atomic mass is 9.81. The van der Waals surface area contributed by atoms with E-state index in [1.807, 2.05) is 29.2 Å². The number of ether oxygens (including phenoxy) is 2. The van der Waals surface area contributed by atoms with E-state index in [0.717, 1.165) is 63.3 Å². The smallest absolute Gasteiger partial charge is 0.303 e. The van der Waals surface area contributed by atoms with E-state index in [4.69, 9.17) is 14.5 Å². The third-order valence-electron chi connectivity index (χ3n) is 9.89. The molecule has 1 saturated carbocycles. The van der Waals surface area contributed by atoms with E-state index in [-0.39, 0.29) is 11.5 Å². The van der Waals surface area contributed by atoms with Crippen LogP contribution in [0, 0.1) is 0 Å². The summed E-state index contributed by atoms with van der Waals surface area (Å²) in [7, 11) is 0.400. The molecular formula is C37H41N5O6S. The summed E-state index contributed by atoms with van der Waals surface area (Å²) in [5.41, 5.74) is 7.24. The Balaban J connectivity index is 1.45. The topological polar surface area (TPSA) is 123 Å². The molecule has 11 nitrogen and oxygen atoms in total. The highest BCUT2D eigenvalue weighted by molar-refractivity contribution is 7.87. The first-order valence-electron chi connectivity index (χ1n) is 16.8. The van der Waals surface area contributed by atoms with Gasteiger partial charge in [0.2, 0.25) is 0 Å². The number of rotatable bonds is 7. The molecule has 0 spiro atoms. The Kier molecular flexibility index (Phi) is 9.03. The molecule has 1 aliphatic carbocycles. The predicted molar refractivity (Wildman–Crippen MR) is 189 cm³/mol. The van der Waals surface area contributed by atoms with E-state index in [0.29, 0.717) is 55.8 Å². The largest absolute Gasteiger partial charge is 0.497 e. The van der Waals surface area contributed by atoms with Crippen molar-refractivity contribution >= 4 is 44.6 Å². The minimum absolute atomic E-state index is 0.0936. The molecule has 1 saturated heterocycles. The van der Waals surface area contributed by atoms with E-state index in [9.17, 15) is 18.0 Å². The summed E-state index contributed by atoms with van der Waals surface area (Å²) in [4.78, 5) is 33.9. The number of amides is 2. The predicted octanol–water partition coefficient (Wildman–Crippen LogP) is 5.32. The normalized spacial score (nSPS) is 16.9. The van der Waals surface area contributed by atoms with Crippen molar-refractivity contribution < 1.29 is 27.5 Å². The molecule has 3 aliphatic rings. The quantitative estimate of drug-likeness (QED) is 0.280. The molecular weight excluding hydrogens is 643 g/mol. The van der Waals surface area contributed by atoms with Crippen molar-refractivity contribution in [3.8, 4) is 17.0 Å². The van der Waals surface area contributed by atoms with Gasteiger partial charge in [-0.3, -0.25) is 14.6 Å². The molecule has 0 bridgehead atoms. The molecule has 0 unspecified atom stereocenters. The number of hydrogen-bond acceptors (Lipinski definition) is 7. The molecule has 2 aliphatic heterocycles. The van der Waals surface area contributed by atoms with Crippen LogP contribution in [0.2, 0.25) is 0 Å². The van der Waals surface area contributed by atoms with Crippen LogP contribution < -0.4 is 9.46 Å². The lowest BCUT2D eigenvalue weighted by Crippen LogP contribution is -2.41. The van der Waals surface area contributed by atoms with Gasteiger partial charge in [-0.2, -0.15) is 12.7 Å². The zero-order valence-electron chi connectivity index (χ0n) is 28.1. The van der Waals surface area contributed by atoms with E-state index < -0.39 is 16.1 Å². The Labute approximate surface area is 286 Å². The van der Waals surface area contributed by atoms with E-state index >= 15 is 0 Å². The summed E-state index contributed by atoms with van der Waals surface area (Å²) < 4.78 is 41.7. The highest BCUT2D eigenvalue weighted by Gasteiger charge is 2.32. The van der Waals surface area contributed by atoms with Crippen molar-refractivity contribution in [2.75, 3.05) is 47.5 Å². The Morgan fingerprint density at radius 3 is 2.53 bits per heavy atom. The lowest BCUT2D eigenvalue weighted by Gasteiger charge is -2.27. The SMILES string of the molecule is COc1ccc2c(c1)C=C(c1ncccc1C(=O)N1CCOCC1)Cn1c-2c(C2CCCCC2)c2ccc(C(=O)NS(=O)(=O)N(C)C)cc21. The minimum atomic E-state index is -3.99. The first-order valence-corrected chi connectivity index (χ1v) is 18.2. The number of nitrogens with zero attached hydrogens (tertiary/aromatic N) is 4. The molecule has 0 radical (unpaired) electrons. The summed E-state index contributed by atoms with van der Waals surface area (Å²) in [5.74, 6) is 0.225. The molecule has 2 fully saturated rings. The van der Waals surface area contributed by atoms with Crippen molar-refractivity contribution in [1.82, 2.24) is 23.5 Å². The van der Waals surface area contributed by atoms with E-state index in [2.05, 4.69) is 21.4 Å². The fourth-order valence-electron chi connectivity index (χ4n) is 7.36. The van der Waals surface area contributed by atoms with Gasteiger partial charge in [0.25, 0.3) is 11.8 Å². The Bertz CT molecular complexity index is 2070. The summed E-state index contributed by atoms with van der Waals surface area (Å²) >= 11 is 0. The second-order valence-corrected chi connectivity index (χ2v) is 14.9. The third-order valence-corrected chi connectivity index (χ3v) is 11.3. The Morgan fingerprint density at radius 2 is 1.80 bits per heavy atom. The van der Waals surface area contributed by atoms with E-state index in [1.165, 1.54) is 26.1 Å². The lowest BCUT2D eigenvalue weighted by molar-refractivity contribution is 0.0302. The molecule has 2 aromatic carbocycles. The zero-order valence-corrected chi connectivity index (χ0v) is 28.9. The fourth-order valence-corrected chi connectivity index (χ4v) is 7.90. The number of benzene rings is 2. The van der Waals surface area contributed by atoms with Gasteiger partial charge in [0.15, 0.2) is 0 Å². The van der Waals surface area contributed by atoms with Gasteiger partial charge < -0.3 is 18.9 Å². The van der Waals surface area contributed by atoms with Crippen LogP contribution in [0.5, 0.6) is 5.75 Å². The van der Waals surface area contributed by atoms with Crippen LogP contribution in [0.25, 0.3) is 33.8 Å². The van der Waals surface area contributed by atoms with Crippen molar-refractivity contribution in [3.05, 3.63) is 82.7 Å². The first-order chi connectivity index (χ1) is 23.7.